The molecule has 0 radical (unpaired) electrons. The van der Waals surface area contributed by atoms with Crippen molar-refractivity contribution >= 4 is 137 Å². The van der Waals surface area contributed by atoms with E-state index in [9.17, 15) is 57.2 Å². The van der Waals surface area contributed by atoms with Crippen molar-refractivity contribution in [2.24, 2.45) is 0 Å². The molecule has 0 aliphatic carbocycles. The van der Waals surface area contributed by atoms with Crippen molar-refractivity contribution in [3.8, 4) is 11.5 Å². The molecule has 3 aliphatic rings. The van der Waals surface area contributed by atoms with Crippen LogP contribution in [-0.4, -0.2) is 182 Å². The number of carbonyl (C=O) groups excluding carboxylic acids is 3. The average Bonchev–Trinajstić information content (AvgIpc) is 1.69. The molecule has 0 bridgehead atoms. The number of aromatic nitrogens is 7. The molecule has 3 saturated heterocycles. The zero-order valence-corrected chi connectivity index (χ0v) is 63.5. The molecule has 3 aliphatic heterocycles. The summed E-state index contributed by atoms with van der Waals surface area (Å²) in [4.78, 5) is 66.5. The summed E-state index contributed by atoms with van der Waals surface area (Å²) in [6.07, 6.45) is 3.91. The van der Waals surface area contributed by atoms with E-state index in [1.807, 2.05) is 66.2 Å². The molecule has 3 atom stereocenters. The SMILES string of the molecule is CC(Oc1cccc(OC(F)(F)F)c1)C(=O)N1CCN(c2ccc(S(=O)(=O)Nc3ccncn3)cc2)CC1.CC1CN(c2ccc(S(=O)(=O)Nc3ncns3)cc2)CCN1C(=O)CCn1ccc2cc(Cl)ccc21.C[C@H](C(=O)N1CCN(c2cccc(S(=O)(=O)Nc3nccs3)c2)CC1)n1ccc2c(F)cccc21.[HH].[HH].[HH]. The third-order valence-electron chi connectivity index (χ3n) is 18.2. The molecule has 3 amide bonds. The number of fused-ring (bicyclic) bond motifs is 2. The molecule has 37 heteroatoms. The lowest BCUT2D eigenvalue weighted by molar-refractivity contribution is -0.274. The number of nitrogens with zero attached hydrogens (tertiary/aromatic N) is 13. The maximum absolute atomic E-state index is 14.1. The van der Waals surface area contributed by atoms with Crippen molar-refractivity contribution in [1.29, 1.82) is 0 Å². The van der Waals surface area contributed by atoms with Gasteiger partial charge in [0.2, 0.25) is 16.9 Å². The van der Waals surface area contributed by atoms with Gasteiger partial charge < -0.3 is 48.0 Å². The Hall–Kier alpha value is -10.7. The second-order valence-electron chi connectivity index (χ2n) is 25.3. The van der Waals surface area contributed by atoms with Gasteiger partial charge in [0.15, 0.2) is 11.2 Å². The van der Waals surface area contributed by atoms with Crippen molar-refractivity contribution in [3.63, 3.8) is 0 Å². The van der Waals surface area contributed by atoms with Gasteiger partial charge >= 0.3 is 6.36 Å². The number of thiazole rings is 1. The summed E-state index contributed by atoms with van der Waals surface area (Å²) < 4.78 is 152. The lowest BCUT2D eigenvalue weighted by Crippen LogP contribution is -2.54. The average molecular weight is 1620 g/mol. The van der Waals surface area contributed by atoms with Crippen molar-refractivity contribution < 1.29 is 71.0 Å². The number of piperazine rings is 3. The standard InChI is InChI=1S/C24H25ClN6O3S2.C24H24F3N5O5S.C24H24FN5O3S2.3H2/c1-17-15-30(20-3-5-21(6-4-20)36(33,34)28-24-26-16-27-35-24)12-13-31(17)23(32)9-11-29-10-8-18-14-19(25)2-7-22(18)29;1-17(36-19-3-2-4-20(15-19)37-24(25,26)27)23(33)32-13-11-31(12-14-32)18-5-7-21(8-6-18)38(34,35)30-22-9-10-28-16-29-22;1-17(30-10-8-20-21(25)6-3-7-22(20)30)23(31)29-13-11-28(12-14-29)18-4-2-5-19(16-18)35(32,33)27-24-26-9-15-34-24;;;/h2-8,10,14,16-17H,9,11-13,15H2,1H3,(H,26,27,28);2-10,15-17H,11-14H2,1H3,(H,28,29,30);2-10,15-17H,11-14H2,1H3,(H,26,27);3*1H/t;;17-;;;/m..1.../s1. The van der Waals surface area contributed by atoms with Crippen LogP contribution in [0.1, 0.15) is 37.5 Å². The molecule has 2 unspecified atom stereocenters. The largest absolute Gasteiger partial charge is 0.573 e. The minimum Gasteiger partial charge on any atom is -0.481 e. The van der Waals surface area contributed by atoms with Gasteiger partial charge in [-0.3, -0.25) is 28.5 Å². The lowest BCUT2D eigenvalue weighted by atomic mass is 10.1. The number of alkyl halides is 3. The van der Waals surface area contributed by atoms with E-state index in [2.05, 4.69) is 57.6 Å². The predicted octanol–water partition coefficient (Wildman–Crippen LogP) is 12.1. The van der Waals surface area contributed by atoms with Crippen LogP contribution in [0, 0.1) is 5.82 Å². The smallest absolute Gasteiger partial charge is 0.481 e. The molecule has 0 spiro atoms. The maximum Gasteiger partial charge on any atom is 0.573 e. The third-order valence-corrected chi connectivity index (χ3v) is 24.0. The summed E-state index contributed by atoms with van der Waals surface area (Å²) in [5.74, 6) is -0.713. The number of nitrogens with one attached hydrogen (secondary N) is 3. The van der Waals surface area contributed by atoms with Crippen molar-refractivity contribution in [1.82, 2.24) is 48.1 Å². The summed E-state index contributed by atoms with van der Waals surface area (Å²) in [5, 5.41) is 4.50. The predicted molar refractivity (Wildman–Crippen MR) is 415 cm³/mol. The monoisotopic (exact) mass is 1610 g/mol. The van der Waals surface area contributed by atoms with Gasteiger partial charge in [-0.15, -0.1) is 24.5 Å². The quantitative estimate of drug-likeness (QED) is 0.0563. The van der Waals surface area contributed by atoms with Crippen LogP contribution >= 0.6 is 34.5 Å². The molecule has 578 valence electrons. The Bertz CT molecular complexity index is 5350. The molecule has 11 aromatic rings. The topological polar surface area (TPSA) is 302 Å². The van der Waals surface area contributed by atoms with Crippen LogP contribution in [0.15, 0.2) is 209 Å². The maximum atomic E-state index is 14.1. The van der Waals surface area contributed by atoms with Gasteiger partial charge in [-0.1, -0.05) is 29.8 Å². The van der Waals surface area contributed by atoms with Crippen LogP contribution in [0.25, 0.3) is 21.8 Å². The highest BCUT2D eigenvalue weighted by Gasteiger charge is 2.34. The molecule has 3 N–H and O–H groups in total. The molecule has 8 heterocycles. The highest BCUT2D eigenvalue weighted by Crippen LogP contribution is 2.32. The Morgan fingerprint density at radius 3 is 1.90 bits per heavy atom. The fraction of sp³-hybridized carbons (Fsp3) is 0.278. The highest BCUT2D eigenvalue weighted by molar-refractivity contribution is 7.93. The Morgan fingerprint density at radius 1 is 0.615 bits per heavy atom. The molecule has 14 rings (SSSR count). The molecule has 3 fully saturated rings. The van der Waals surface area contributed by atoms with E-state index >= 15 is 0 Å². The second kappa shape index (κ2) is 33.9. The fourth-order valence-corrected chi connectivity index (χ4v) is 17.4. The number of aryl methyl sites for hydroxylation is 1. The number of ether oxygens (including phenoxy) is 2. The number of anilines is 6. The minimum absolute atomic E-state index is 0. The molecular weight excluding hydrogens is 1540 g/mol. The minimum atomic E-state index is -4.83. The summed E-state index contributed by atoms with van der Waals surface area (Å²) in [6.45, 7) is 11.9. The van der Waals surface area contributed by atoms with E-state index < -0.39 is 54.3 Å². The van der Waals surface area contributed by atoms with Gasteiger partial charge in [-0.05, 0) is 148 Å². The van der Waals surface area contributed by atoms with Gasteiger partial charge in [0.25, 0.3) is 36.0 Å². The van der Waals surface area contributed by atoms with Crippen LogP contribution < -0.4 is 38.3 Å². The highest BCUT2D eigenvalue weighted by atomic mass is 35.5. The van der Waals surface area contributed by atoms with E-state index in [-0.39, 0.29) is 65.2 Å². The molecule has 5 aromatic heterocycles. The first-order chi connectivity index (χ1) is 52.1. The number of benzene rings is 6. The van der Waals surface area contributed by atoms with Gasteiger partial charge in [-0.25, -0.2) is 49.6 Å². The van der Waals surface area contributed by atoms with Crippen molar-refractivity contribution in [2.75, 3.05) is 101 Å². The van der Waals surface area contributed by atoms with E-state index in [1.165, 1.54) is 79.7 Å². The Kier molecular flexibility index (Phi) is 24.2. The van der Waals surface area contributed by atoms with Gasteiger partial charge in [0.1, 0.15) is 41.8 Å². The molecule has 27 nitrogen and oxygen atoms in total. The first kappa shape index (κ1) is 77.9. The van der Waals surface area contributed by atoms with Crippen molar-refractivity contribution in [3.05, 3.63) is 205 Å². The zero-order chi connectivity index (χ0) is 77.2. The van der Waals surface area contributed by atoms with Gasteiger partial charge in [-0.2, -0.15) is 4.37 Å². The van der Waals surface area contributed by atoms with Crippen LogP contribution in [0.3, 0.4) is 0 Å². The van der Waals surface area contributed by atoms with E-state index in [0.29, 0.717) is 106 Å². The second-order valence-corrected chi connectivity index (χ2v) is 32.5. The number of hydrogen-bond donors (Lipinski definition) is 3. The normalized spacial score (nSPS) is 15.6. The number of carbonyl (C=O) groups is 3. The molecule has 0 saturated carbocycles. The number of rotatable bonds is 21. The van der Waals surface area contributed by atoms with E-state index in [1.54, 1.807) is 92.7 Å². The zero-order valence-electron chi connectivity index (χ0n) is 58.6. The third kappa shape index (κ3) is 19.6. The number of amides is 3. The van der Waals surface area contributed by atoms with E-state index in [4.69, 9.17) is 16.3 Å². The summed E-state index contributed by atoms with van der Waals surface area (Å²) in [5.41, 5.74) is 4.24. The van der Waals surface area contributed by atoms with Gasteiger partial charge in [0, 0.05) is 181 Å². The molecular formula is C72H79ClF4N16O11S5. The first-order valence-electron chi connectivity index (χ1n) is 34.1. The molecule has 109 heavy (non-hydrogen) atoms. The van der Waals surface area contributed by atoms with Crippen molar-refractivity contribution in [2.45, 2.75) is 73.0 Å². The Balaban J connectivity index is 0.000000190. The van der Waals surface area contributed by atoms with Crippen LogP contribution in [0.2, 0.25) is 5.02 Å². The van der Waals surface area contributed by atoms with Crippen LogP contribution in [-0.2, 0) is 51.0 Å². The number of sulfonamides is 3. The number of hydrogen-bond acceptors (Lipinski definition) is 21. The van der Waals surface area contributed by atoms with Crippen LogP contribution in [0.5, 0.6) is 11.5 Å². The van der Waals surface area contributed by atoms with Crippen LogP contribution in [0.4, 0.5) is 50.7 Å². The van der Waals surface area contributed by atoms with Gasteiger partial charge in [0.05, 0.1) is 20.2 Å². The summed E-state index contributed by atoms with van der Waals surface area (Å²) in [6, 6.07) is 40.2. The first-order valence-corrected chi connectivity index (χ1v) is 40.6. The fourth-order valence-electron chi connectivity index (χ4n) is 12.7. The molecule has 6 aromatic carbocycles. The number of halogens is 5. The Morgan fingerprint density at radius 2 is 1.25 bits per heavy atom. The van der Waals surface area contributed by atoms with E-state index in [0.717, 1.165) is 51.6 Å². The Labute approximate surface area is 643 Å². The summed E-state index contributed by atoms with van der Waals surface area (Å²) in [7, 11) is -11.3. The lowest BCUT2D eigenvalue weighted by Gasteiger charge is -2.41. The summed E-state index contributed by atoms with van der Waals surface area (Å²) >= 11 is 8.27.